The van der Waals surface area contributed by atoms with Gasteiger partial charge in [-0.1, -0.05) is 11.6 Å². The van der Waals surface area contributed by atoms with Gasteiger partial charge in [-0.25, -0.2) is 14.9 Å². The number of nitrogens with zero attached hydrogens (tertiary/aromatic N) is 3. The topological polar surface area (TPSA) is 63.6 Å². The van der Waals surface area contributed by atoms with Crippen LogP contribution in [0.4, 0.5) is 0 Å². The van der Waals surface area contributed by atoms with Gasteiger partial charge in [-0.2, -0.15) is 0 Å². The van der Waals surface area contributed by atoms with Gasteiger partial charge >= 0.3 is 5.69 Å². The van der Waals surface area contributed by atoms with Gasteiger partial charge < -0.3 is 0 Å². The fourth-order valence-corrected chi connectivity index (χ4v) is 2.48. The predicted octanol–water partition coefficient (Wildman–Crippen LogP) is 2.07. The third kappa shape index (κ3) is 2.31. The van der Waals surface area contributed by atoms with E-state index in [1.807, 2.05) is 0 Å². The fourth-order valence-electron chi connectivity index (χ4n) is 0.987. The molecule has 0 fully saturated rings. The van der Waals surface area contributed by atoms with Crippen molar-refractivity contribution in [1.82, 2.24) is 19.7 Å². The Morgan fingerprint density at radius 2 is 2.38 bits per heavy atom. The Hall–Kier alpha value is -0.790. The zero-order valence-corrected chi connectivity index (χ0v) is 11.2. The van der Waals surface area contributed by atoms with Gasteiger partial charge in [-0.05, 0) is 33.8 Å². The third-order valence-corrected chi connectivity index (χ3v) is 3.70. The largest absolute Gasteiger partial charge is 0.343 e. The highest BCUT2D eigenvalue weighted by Gasteiger charge is 2.10. The first-order valence-corrected chi connectivity index (χ1v) is 6.17. The van der Waals surface area contributed by atoms with Crippen molar-refractivity contribution in [2.24, 2.45) is 7.05 Å². The molecule has 0 bridgehead atoms. The van der Waals surface area contributed by atoms with Gasteiger partial charge in [0.15, 0.2) is 5.16 Å². The second-order valence-corrected chi connectivity index (χ2v) is 5.19. The van der Waals surface area contributed by atoms with E-state index in [9.17, 15) is 4.79 Å². The number of H-pyrrole nitrogens is 1. The zero-order valence-electron chi connectivity index (χ0n) is 8.07. The molecule has 0 amide bonds. The molecule has 0 saturated carbocycles. The quantitative estimate of drug-likeness (QED) is 0.920. The van der Waals surface area contributed by atoms with E-state index in [0.29, 0.717) is 15.2 Å². The highest BCUT2D eigenvalue weighted by molar-refractivity contribution is 9.10. The van der Waals surface area contributed by atoms with Crippen LogP contribution in [0.15, 0.2) is 31.7 Å². The van der Waals surface area contributed by atoms with Crippen LogP contribution in [0.3, 0.4) is 0 Å². The minimum absolute atomic E-state index is 0.268. The second kappa shape index (κ2) is 4.60. The van der Waals surface area contributed by atoms with E-state index in [2.05, 4.69) is 31.1 Å². The average molecular weight is 322 g/mol. The molecule has 0 spiro atoms. The number of aromatic nitrogens is 4. The van der Waals surface area contributed by atoms with Crippen LogP contribution in [0.1, 0.15) is 0 Å². The van der Waals surface area contributed by atoms with E-state index in [4.69, 9.17) is 11.6 Å². The number of hydrogen-bond acceptors (Lipinski definition) is 4. The lowest BCUT2D eigenvalue weighted by atomic mass is 10.5. The molecule has 0 aliphatic rings. The second-order valence-electron chi connectivity index (χ2n) is 2.91. The highest BCUT2D eigenvalue weighted by Crippen LogP contribution is 2.30. The van der Waals surface area contributed by atoms with E-state index in [1.54, 1.807) is 19.3 Å². The molecular weight excluding hydrogens is 316 g/mol. The molecule has 5 nitrogen and oxygen atoms in total. The van der Waals surface area contributed by atoms with Crippen LogP contribution >= 0.6 is 39.3 Å². The number of hydrogen-bond donors (Lipinski definition) is 1. The summed E-state index contributed by atoms with van der Waals surface area (Å²) in [7, 11) is 1.63. The van der Waals surface area contributed by atoms with Gasteiger partial charge in [0.2, 0.25) is 0 Å². The summed E-state index contributed by atoms with van der Waals surface area (Å²) in [6.07, 6.45) is 1.64. The van der Waals surface area contributed by atoms with Crippen LogP contribution in [-0.4, -0.2) is 19.7 Å². The molecule has 1 N–H and O–H groups in total. The summed E-state index contributed by atoms with van der Waals surface area (Å²) in [5.41, 5.74) is -0.268. The van der Waals surface area contributed by atoms with Crippen LogP contribution in [-0.2, 0) is 7.05 Å². The van der Waals surface area contributed by atoms with Gasteiger partial charge in [0.25, 0.3) is 0 Å². The number of nitrogens with one attached hydrogen (secondary N) is 1. The van der Waals surface area contributed by atoms with Crippen LogP contribution in [0.5, 0.6) is 0 Å². The van der Waals surface area contributed by atoms with Gasteiger partial charge in [-0.15, -0.1) is 5.10 Å². The van der Waals surface area contributed by atoms with Crippen molar-refractivity contribution >= 4 is 39.3 Å². The monoisotopic (exact) mass is 320 g/mol. The number of rotatable bonds is 2. The van der Waals surface area contributed by atoms with Crippen molar-refractivity contribution in [3.63, 3.8) is 0 Å². The van der Waals surface area contributed by atoms with Crippen LogP contribution in [0.2, 0.25) is 5.02 Å². The Labute approximate surface area is 108 Å². The lowest BCUT2D eigenvalue weighted by Gasteiger charge is -2.01. The SMILES string of the molecule is Cn1c(Sc2ncc(Br)cc2Cl)n[nH]c1=O. The first-order chi connectivity index (χ1) is 7.58. The summed E-state index contributed by atoms with van der Waals surface area (Å²) in [4.78, 5) is 15.3. The molecule has 0 unspecified atom stereocenters. The molecule has 0 atom stereocenters. The van der Waals surface area contributed by atoms with Crippen molar-refractivity contribution in [2.75, 3.05) is 0 Å². The maximum absolute atomic E-state index is 11.1. The standard InChI is InChI=1S/C8H6BrClN4OS/c1-14-7(15)12-13-8(14)16-6-5(10)2-4(9)3-11-6/h2-3H,1H3,(H,12,15). The average Bonchev–Trinajstić information content (AvgIpc) is 2.54. The van der Waals surface area contributed by atoms with Gasteiger partial charge in [0.1, 0.15) is 5.03 Å². The first kappa shape index (κ1) is 11.7. The lowest BCUT2D eigenvalue weighted by Crippen LogP contribution is -2.12. The summed E-state index contributed by atoms with van der Waals surface area (Å²) in [6, 6.07) is 1.74. The van der Waals surface area contributed by atoms with Crippen LogP contribution < -0.4 is 5.69 Å². The van der Waals surface area contributed by atoms with E-state index in [-0.39, 0.29) is 5.69 Å². The smallest absolute Gasteiger partial charge is 0.273 e. The maximum atomic E-state index is 11.1. The Bertz CT molecular complexity index is 582. The van der Waals surface area contributed by atoms with Crippen molar-refractivity contribution in [3.8, 4) is 0 Å². The van der Waals surface area contributed by atoms with Gasteiger partial charge in [-0.3, -0.25) is 4.57 Å². The van der Waals surface area contributed by atoms with E-state index >= 15 is 0 Å². The van der Waals surface area contributed by atoms with Crippen LogP contribution in [0, 0.1) is 0 Å². The maximum Gasteiger partial charge on any atom is 0.343 e. The molecule has 2 heterocycles. The number of halogens is 2. The predicted molar refractivity (Wildman–Crippen MR) is 64.9 cm³/mol. The molecule has 0 aliphatic carbocycles. The molecule has 2 rings (SSSR count). The summed E-state index contributed by atoms with van der Waals surface area (Å²) in [6.45, 7) is 0. The number of pyridine rings is 1. The van der Waals surface area contributed by atoms with Crippen molar-refractivity contribution in [1.29, 1.82) is 0 Å². The van der Waals surface area contributed by atoms with Gasteiger partial charge in [0, 0.05) is 17.7 Å². The van der Waals surface area contributed by atoms with Crippen LogP contribution in [0.25, 0.3) is 0 Å². The summed E-state index contributed by atoms with van der Waals surface area (Å²) < 4.78 is 2.20. The molecule has 16 heavy (non-hydrogen) atoms. The normalized spacial score (nSPS) is 10.7. The minimum Gasteiger partial charge on any atom is -0.273 e. The Morgan fingerprint density at radius 1 is 1.62 bits per heavy atom. The van der Waals surface area contributed by atoms with Crippen molar-refractivity contribution in [3.05, 3.63) is 32.2 Å². The minimum atomic E-state index is -0.268. The third-order valence-electron chi connectivity index (χ3n) is 1.80. The molecule has 0 saturated heterocycles. The molecular formula is C8H6BrClN4OS. The first-order valence-electron chi connectivity index (χ1n) is 4.18. The van der Waals surface area contributed by atoms with Crippen molar-refractivity contribution < 1.29 is 0 Å². The summed E-state index contributed by atoms with van der Waals surface area (Å²) in [5, 5.41) is 7.82. The molecule has 8 heteroatoms. The Kier molecular flexibility index (Phi) is 3.36. The van der Waals surface area contributed by atoms with E-state index in [0.717, 1.165) is 4.47 Å². The van der Waals surface area contributed by atoms with Gasteiger partial charge in [0.05, 0.1) is 5.02 Å². The zero-order chi connectivity index (χ0) is 11.7. The molecule has 2 aromatic rings. The highest BCUT2D eigenvalue weighted by atomic mass is 79.9. The summed E-state index contributed by atoms with van der Waals surface area (Å²) >= 11 is 10.5. The Balaban J connectivity index is 2.34. The van der Waals surface area contributed by atoms with Crippen molar-refractivity contribution in [2.45, 2.75) is 10.2 Å². The molecule has 0 radical (unpaired) electrons. The van der Waals surface area contributed by atoms with E-state index in [1.165, 1.54) is 16.3 Å². The Morgan fingerprint density at radius 3 is 2.94 bits per heavy atom. The molecule has 0 aliphatic heterocycles. The molecule has 84 valence electrons. The lowest BCUT2D eigenvalue weighted by molar-refractivity contribution is 0.764. The fraction of sp³-hybridized carbons (Fsp3) is 0.125. The summed E-state index contributed by atoms with van der Waals surface area (Å²) in [5.74, 6) is 0. The molecule has 0 aromatic carbocycles. The van der Waals surface area contributed by atoms with E-state index < -0.39 is 0 Å². The number of aromatic amines is 1. The molecule has 2 aromatic heterocycles.